The van der Waals surface area contributed by atoms with Crippen LogP contribution in [-0.4, -0.2) is 32.9 Å². The monoisotopic (exact) mass is 341 g/mol. The number of amides is 1. The molecular weight excluding hydrogens is 330 g/mol. The highest BCUT2D eigenvalue weighted by atomic mass is 32.2. The Labute approximate surface area is 140 Å². The van der Waals surface area contributed by atoms with Crippen LogP contribution in [0, 0.1) is 10.1 Å². The van der Waals surface area contributed by atoms with E-state index < -0.39 is 4.92 Å². The molecule has 1 aromatic heterocycles. The SMILES string of the molecule is O=C1CSC(=NN=Cc2ccc(-c3ncccc3[N+](=O)[O-])cc2)N1. The standard InChI is InChI=1S/C15H11N5O3S/c21-13-9-24-15(18-13)19-17-8-10-3-5-11(6-4-10)14-12(20(22)23)2-1-7-16-14/h1-8H,9H2,(H,18,19,21). The normalized spacial score (nSPS) is 15.8. The van der Waals surface area contributed by atoms with E-state index in [-0.39, 0.29) is 11.6 Å². The molecule has 0 radical (unpaired) electrons. The van der Waals surface area contributed by atoms with E-state index in [4.69, 9.17) is 0 Å². The van der Waals surface area contributed by atoms with Crippen LogP contribution in [0.2, 0.25) is 0 Å². The van der Waals surface area contributed by atoms with E-state index in [9.17, 15) is 14.9 Å². The Bertz CT molecular complexity index is 848. The number of benzene rings is 1. The van der Waals surface area contributed by atoms with Gasteiger partial charge in [0.15, 0.2) is 5.17 Å². The smallest absolute Gasteiger partial charge is 0.295 e. The Balaban J connectivity index is 1.77. The van der Waals surface area contributed by atoms with E-state index in [1.807, 2.05) is 0 Å². The first kappa shape index (κ1) is 15.8. The fourth-order valence-electron chi connectivity index (χ4n) is 2.02. The van der Waals surface area contributed by atoms with E-state index >= 15 is 0 Å². The number of carbonyl (C=O) groups excluding carboxylic acids is 1. The molecule has 0 aliphatic carbocycles. The highest BCUT2D eigenvalue weighted by Crippen LogP contribution is 2.26. The Kier molecular flexibility index (Phi) is 4.62. The zero-order valence-electron chi connectivity index (χ0n) is 12.2. The number of rotatable bonds is 4. The lowest BCUT2D eigenvalue weighted by molar-refractivity contribution is -0.384. The molecule has 24 heavy (non-hydrogen) atoms. The van der Waals surface area contributed by atoms with Crippen molar-refractivity contribution in [3.8, 4) is 11.3 Å². The van der Waals surface area contributed by atoms with Crippen LogP contribution in [0.15, 0.2) is 52.8 Å². The van der Waals surface area contributed by atoms with Crippen molar-refractivity contribution in [2.45, 2.75) is 0 Å². The lowest BCUT2D eigenvalue weighted by atomic mass is 10.1. The van der Waals surface area contributed by atoms with Gasteiger partial charge >= 0.3 is 0 Å². The molecule has 1 aromatic carbocycles. The third-order valence-corrected chi connectivity index (χ3v) is 3.97. The molecule has 0 unspecified atom stereocenters. The van der Waals surface area contributed by atoms with Crippen LogP contribution in [-0.2, 0) is 4.79 Å². The van der Waals surface area contributed by atoms with Gasteiger partial charge < -0.3 is 5.32 Å². The van der Waals surface area contributed by atoms with Crippen LogP contribution in [0.4, 0.5) is 5.69 Å². The van der Waals surface area contributed by atoms with Crippen molar-refractivity contribution in [3.05, 3.63) is 58.3 Å². The fourth-order valence-corrected chi connectivity index (χ4v) is 2.65. The molecule has 9 heteroatoms. The van der Waals surface area contributed by atoms with Gasteiger partial charge in [-0.05, 0) is 11.6 Å². The number of nitrogens with zero attached hydrogens (tertiary/aromatic N) is 4. The Morgan fingerprint density at radius 3 is 2.75 bits per heavy atom. The van der Waals surface area contributed by atoms with Gasteiger partial charge in [-0.25, -0.2) is 4.98 Å². The summed E-state index contributed by atoms with van der Waals surface area (Å²) in [5, 5.41) is 21.9. The van der Waals surface area contributed by atoms with Gasteiger partial charge in [-0.1, -0.05) is 36.0 Å². The van der Waals surface area contributed by atoms with Crippen molar-refractivity contribution in [2.75, 3.05) is 5.75 Å². The number of carbonyl (C=O) groups is 1. The van der Waals surface area contributed by atoms with Gasteiger partial charge in [0, 0.05) is 17.8 Å². The summed E-state index contributed by atoms with van der Waals surface area (Å²) < 4.78 is 0. The molecule has 3 rings (SSSR count). The molecule has 2 heterocycles. The minimum Gasteiger partial charge on any atom is -0.303 e. The lowest BCUT2D eigenvalue weighted by Crippen LogP contribution is -2.19. The zero-order valence-corrected chi connectivity index (χ0v) is 13.1. The second-order valence-corrected chi connectivity index (χ2v) is 5.70. The Morgan fingerprint density at radius 2 is 2.08 bits per heavy atom. The molecule has 0 spiro atoms. The van der Waals surface area contributed by atoms with Crippen LogP contribution < -0.4 is 5.32 Å². The molecule has 0 saturated carbocycles. The topological polar surface area (TPSA) is 110 Å². The summed E-state index contributed by atoms with van der Waals surface area (Å²) in [5.41, 5.74) is 1.69. The fraction of sp³-hybridized carbons (Fsp3) is 0.0667. The summed E-state index contributed by atoms with van der Waals surface area (Å²) in [7, 11) is 0. The molecule has 1 fully saturated rings. The average molecular weight is 341 g/mol. The summed E-state index contributed by atoms with van der Waals surface area (Å²) in [6.45, 7) is 0. The Hall–Kier alpha value is -3.07. The van der Waals surface area contributed by atoms with Crippen LogP contribution >= 0.6 is 11.8 Å². The molecular formula is C15H11N5O3S. The second-order valence-electron chi connectivity index (χ2n) is 4.74. The van der Waals surface area contributed by atoms with Crippen molar-refractivity contribution in [1.82, 2.24) is 10.3 Å². The molecule has 120 valence electrons. The maximum Gasteiger partial charge on any atom is 0.295 e. The van der Waals surface area contributed by atoms with Crippen LogP contribution in [0.5, 0.6) is 0 Å². The number of hydrogen-bond acceptors (Lipinski definition) is 7. The van der Waals surface area contributed by atoms with Crippen molar-refractivity contribution < 1.29 is 9.72 Å². The van der Waals surface area contributed by atoms with Crippen molar-refractivity contribution in [2.24, 2.45) is 10.2 Å². The number of hydrogen-bond donors (Lipinski definition) is 1. The highest BCUT2D eigenvalue weighted by Gasteiger charge is 2.16. The number of nitro groups is 1. The van der Waals surface area contributed by atoms with E-state index in [0.717, 1.165) is 5.56 Å². The van der Waals surface area contributed by atoms with Crippen molar-refractivity contribution in [1.29, 1.82) is 0 Å². The van der Waals surface area contributed by atoms with Crippen LogP contribution in [0.1, 0.15) is 5.56 Å². The molecule has 0 atom stereocenters. The van der Waals surface area contributed by atoms with Crippen molar-refractivity contribution in [3.63, 3.8) is 0 Å². The maximum absolute atomic E-state index is 11.1. The molecule has 1 aliphatic rings. The van der Waals surface area contributed by atoms with E-state index in [1.165, 1.54) is 36.3 Å². The quantitative estimate of drug-likeness (QED) is 0.521. The van der Waals surface area contributed by atoms with Gasteiger partial charge in [-0.15, -0.1) is 5.10 Å². The van der Waals surface area contributed by atoms with Gasteiger partial charge in [0.05, 0.1) is 16.9 Å². The number of thioether (sulfide) groups is 1. The first-order valence-corrected chi connectivity index (χ1v) is 7.85. The third kappa shape index (κ3) is 3.63. The maximum atomic E-state index is 11.1. The number of aromatic nitrogens is 1. The van der Waals surface area contributed by atoms with E-state index in [0.29, 0.717) is 22.2 Å². The Morgan fingerprint density at radius 1 is 1.29 bits per heavy atom. The summed E-state index contributed by atoms with van der Waals surface area (Å²) in [6, 6.07) is 9.93. The second kappa shape index (κ2) is 7.01. The van der Waals surface area contributed by atoms with Gasteiger partial charge in [0.2, 0.25) is 5.91 Å². The van der Waals surface area contributed by atoms with Gasteiger partial charge in [-0.3, -0.25) is 14.9 Å². The first-order chi connectivity index (χ1) is 11.6. The number of amidine groups is 1. The highest BCUT2D eigenvalue weighted by molar-refractivity contribution is 8.15. The minimum absolute atomic E-state index is 0.0423. The van der Waals surface area contributed by atoms with Gasteiger partial charge in [0.1, 0.15) is 5.69 Å². The lowest BCUT2D eigenvalue weighted by Gasteiger charge is -2.02. The number of pyridine rings is 1. The van der Waals surface area contributed by atoms with Gasteiger partial charge in [-0.2, -0.15) is 5.10 Å². The van der Waals surface area contributed by atoms with Gasteiger partial charge in [0.25, 0.3) is 5.69 Å². The zero-order chi connectivity index (χ0) is 16.9. The predicted molar refractivity (Wildman–Crippen MR) is 92.0 cm³/mol. The molecule has 8 nitrogen and oxygen atoms in total. The first-order valence-electron chi connectivity index (χ1n) is 6.87. The summed E-state index contributed by atoms with van der Waals surface area (Å²) in [6.07, 6.45) is 3.05. The van der Waals surface area contributed by atoms with E-state index in [1.54, 1.807) is 24.3 Å². The van der Waals surface area contributed by atoms with E-state index in [2.05, 4.69) is 20.5 Å². The van der Waals surface area contributed by atoms with Crippen molar-refractivity contribution >= 4 is 34.7 Å². The summed E-state index contributed by atoms with van der Waals surface area (Å²) in [4.78, 5) is 25.7. The average Bonchev–Trinajstić information content (AvgIpc) is 3.01. The molecule has 2 aromatic rings. The molecule has 1 amide bonds. The molecule has 1 saturated heterocycles. The van der Waals surface area contributed by atoms with Crippen LogP contribution in [0.3, 0.4) is 0 Å². The largest absolute Gasteiger partial charge is 0.303 e. The number of nitrogens with one attached hydrogen (secondary N) is 1. The minimum atomic E-state index is -0.457. The van der Waals surface area contributed by atoms with Crippen LogP contribution in [0.25, 0.3) is 11.3 Å². The summed E-state index contributed by atoms with van der Waals surface area (Å²) >= 11 is 1.29. The predicted octanol–water partition coefficient (Wildman–Crippen LogP) is 2.21. The molecule has 1 N–H and O–H groups in total. The molecule has 1 aliphatic heterocycles. The third-order valence-electron chi connectivity index (χ3n) is 3.11. The summed E-state index contributed by atoms with van der Waals surface area (Å²) in [5.74, 6) is 0.265. The molecule has 0 bridgehead atoms.